The highest BCUT2D eigenvalue weighted by molar-refractivity contribution is 5.56. The summed E-state index contributed by atoms with van der Waals surface area (Å²) < 4.78 is 5.37. The average Bonchev–Trinajstić information content (AvgIpc) is 3.74. The molecule has 200 valence electrons. The molecule has 2 aliphatic rings. The Morgan fingerprint density at radius 3 is 2.68 bits per heavy atom. The summed E-state index contributed by atoms with van der Waals surface area (Å²) in [6, 6.07) is 10.1. The van der Waals surface area contributed by atoms with Crippen LogP contribution in [0.4, 0.5) is 17.5 Å². The summed E-state index contributed by atoms with van der Waals surface area (Å²) in [5.74, 6) is 2.72. The molecule has 2 aromatic rings. The summed E-state index contributed by atoms with van der Waals surface area (Å²) in [7, 11) is 1.88. The minimum atomic E-state index is -0.511. The zero-order chi connectivity index (χ0) is 26.0. The number of nitrogens with one attached hydrogen (secondary N) is 4. The van der Waals surface area contributed by atoms with E-state index in [0.717, 1.165) is 68.6 Å². The van der Waals surface area contributed by atoms with Gasteiger partial charge in [-0.05, 0) is 67.9 Å². The van der Waals surface area contributed by atoms with Crippen molar-refractivity contribution in [3.8, 4) is 0 Å². The van der Waals surface area contributed by atoms with Crippen LogP contribution in [0, 0.1) is 12.8 Å². The van der Waals surface area contributed by atoms with Crippen LogP contribution >= 0.6 is 0 Å². The van der Waals surface area contributed by atoms with E-state index in [1.807, 2.05) is 32.2 Å². The van der Waals surface area contributed by atoms with E-state index < -0.39 is 6.23 Å². The Kier molecular flexibility index (Phi) is 9.90. The summed E-state index contributed by atoms with van der Waals surface area (Å²) in [5.41, 5.74) is 4.09. The number of morpholine rings is 1. The van der Waals surface area contributed by atoms with Crippen molar-refractivity contribution in [2.24, 2.45) is 5.92 Å². The first-order valence-corrected chi connectivity index (χ1v) is 13.3. The van der Waals surface area contributed by atoms with E-state index in [2.05, 4.69) is 60.9 Å². The SMILES string of the molecule is C=C(/C=C(\NC)Nc1cc(C)nc(Nc2ccc(CCC(O)NCCN3CCOCC3)cc2)n1)C1CC1. The summed E-state index contributed by atoms with van der Waals surface area (Å²) in [5, 5.41) is 23.3. The van der Waals surface area contributed by atoms with Crippen molar-refractivity contribution in [3.63, 3.8) is 0 Å². The number of aryl methyl sites for hydroxylation is 2. The van der Waals surface area contributed by atoms with Gasteiger partial charge in [0.2, 0.25) is 5.95 Å². The predicted octanol–water partition coefficient (Wildman–Crippen LogP) is 3.14. The maximum atomic E-state index is 10.3. The standard InChI is InChI=1S/C28H41N7O2/c1-20(23-7-8-23)18-25(29-3)33-26-19-21(2)31-28(34-26)32-24-9-4-22(5-10-24)6-11-27(36)30-12-13-35-14-16-37-17-15-35/h4-5,9-10,18-19,23,27,29-30,36H,1,6-8,11-17H2,2-3H3,(H2,31,32,33,34)/b25-18+. The first kappa shape index (κ1) is 27.1. The molecular formula is C28H41N7O2. The van der Waals surface area contributed by atoms with E-state index in [1.54, 1.807) is 0 Å². The average molecular weight is 508 g/mol. The van der Waals surface area contributed by atoms with Gasteiger partial charge in [-0.1, -0.05) is 18.7 Å². The number of rotatable bonds is 14. The maximum Gasteiger partial charge on any atom is 0.229 e. The normalized spacial score (nSPS) is 17.3. The quantitative estimate of drug-likeness (QED) is 0.195. The highest BCUT2D eigenvalue weighted by atomic mass is 16.5. The van der Waals surface area contributed by atoms with Crippen molar-refractivity contribution < 1.29 is 9.84 Å². The van der Waals surface area contributed by atoms with Crippen LogP contribution in [-0.2, 0) is 11.2 Å². The molecule has 9 heteroatoms. The number of hydrogen-bond donors (Lipinski definition) is 5. The summed E-state index contributed by atoms with van der Waals surface area (Å²) >= 11 is 0. The minimum absolute atomic E-state index is 0.511. The fourth-order valence-electron chi connectivity index (χ4n) is 4.26. The van der Waals surface area contributed by atoms with E-state index in [0.29, 0.717) is 24.1 Å². The van der Waals surface area contributed by atoms with Gasteiger partial charge < -0.3 is 25.8 Å². The van der Waals surface area contributed by atoms with Crippen LogP contribution in [0.25, 0.3) is 0 Å². The van der Waals surface area contributed by atoms with Gasteiger partial charge in [0.15, 0.2) is 0 Å². The van der Waals surface area contributed by atoms with E-state index in [9.17, 15) is 5.11 Å². The highest BCUT2D eigenvalue weighted by Crippen LogP contribution is 2.36. The molecule has 0 spiro atoms. The monoisotopic (exact) mass is 507 g/mol. The van der Waals surface area contributed by atoms with Gasteiger partial charge in [-0.3, -0.25) is 10.2 Å². The van der Waals surface area contributed by atoms with Crippen molar-refractivity contribution >= 4 is 17.5 Å². The van der Waals surface area contributed by atoms with Gasteiger partial charge in [0, 0.05) is 50.7 Å². The smallest absolute Gasteiger partial charge is 0.229 e. The Hall–Kier alpha value is -2.98. The van der Waals surface area contributed by atoms with Crippen molar-refractivity contribution in [1.82, 2.24) is 25.5 Å². The Morgan fingerprint density at radius 2 is 1.97 bits per heavy atom. The number of hydrogen-bond acceptors (Lipinski definition) is 9. The van der Waals surface area contributed by atoms with Crippen LogP contribution in [-0.4, -0.2) is 72.6 Å². The number of anilines is 3. The number of nitrogens with zero attached hydrogens (tertiary/aromatic N) is 3. The van der Waals surface area contributed by atoms with Crippen LogP contribution in [0.2, 0.25) is 0 Å². The molecule has 0 radical (unpaired) electrons. The molecule has 1 aromatic heterocycles. The lowest BCUT2D eigenvalue weighted by atomic mass is 10.1. The number of aliphatic hydroxyl groups is 1. The molecule has 4 rings (SSSR count). The fourth-order valence-corrected chi connectivity index (χ4v) is 4.26. The molecule has 1 aromatic carbocycles. The van der Waals surface area contributed by atoms with E-state index in [4.69, 9.17) is 4.74 Å². The second-order valence-corrected chi connectivity index (χ2v) is 9.78. The number of allylic oxidation sites excluding steroid dienone is 2. The Balaban J connectivity index is 1.24. The first-order valence-electron chi connectivity index (χ1n) is 13.3. The Labute approximate surface area is 220 Å². The van der Waals surface area contributed by atoms with Gasteiger partial charge >= 0.3 is 0 Å². The molecule has 0 bridgehead atoms. The Morgan fingerprint density at radius 1 is 1.22 bits per heavy atom. The number of ether oxygens (including phenoxy) is 1. The first-order chi connectivity index (χ1) is 18.0. The number of aromatic nitrogens is 2. The molecule has 1 aliphatic carbocycles. The molecular weight excluding hydrogens is 466 g/mol. The minimum Gasteiger partial charge on any atom is -0.379 e. The molecule has 2 fully saturated rings. The lowest BCUT2D eigenvalue weighted by molar-refractivity contribution is 0.0354. The van der Waals surface area contributed by atoms with Gasteiger partial charge in [0.25, 0.3) is 0 Å². The number of benzene rings is 1. The topological polar surface area (TPSA) is 107 Å². The molecule has 0 amide bonds. The van der Waals surface area contributed by atoms with Gasteiger partial charge in [-0.2, -0.15) is 4.98 Å². The van der Waals surface area contributed by atoms with Crippen molar-refractivity contribution in [2.45, 2.75) is 38.8 Å². The van der Waals surface area contributed by atoms with Crippen molar-refractivity contribution in [2.75, 3.05) is 57.1 Å². The van der Waals surface area contributed by atoms with Crippen LogP contribution in [0.1, 0.15) is 30.5 Å². The fraction of sp³-hybridized carbons (Fsp3) is 0.500. The maximum absolute atomic E-state index is 10.3. The Bertz CT molecular complexity index is 1050. The molecule has 1 atom stereocenters. The van der Waals surface area contributed by atoms with E-state index >= 15 is 0 Å². The van der Waals surface area contributed by atoms with Crippen molar-refractivity contribution in [3.05, 3.63) is 65.6 Å². The van der Waals surface area contributed by atoms with Crippen LogP contribution < -0.4 is 21.3 Å². The van der Waals surface area contributed by atoms with Crippen LogP contribution in [0.3, 0.4) is 0 Å². The molecule has 1 aliphatic heterocycles. The molecule has 9 nitrogen and oxygen atoms in total. The van der Waals surface area contributed by atoms with Gasteiger partial charge in [0.05, 0.1) is 13.2 Å². The largest absolute Gasteiger partial charge is 0.379 e. The zero-order valence-electron chi connectivity index (χ0n) is 22.1. The molecule has 1 saturated carbocycles. The predicted molar refractivity (Wildman–Crippen MR) is 149 cm³/mol. The summed E-state index contributed by atoms with van der Waals surface area (Å²) in [6.45, 7) is 11.4. The summed E-state index contributed by atoms with van der Waals surface area (Å²) in [6.07, 6.45) is 5.45. The van der Waals surface area contributed by atoms with E-state index in [-0.39, 0.29) is 0 Å². The third-order valence-electron chi connectivity index (χ3n) is 6.65. The van der Waals surface area contributed by atoms with Gasteiger partial charge in [-0.25, -0.2) is 4.98 Å². The molecule has 5 N–H and O–H groups in total. The van der Waals surface area contributed by atoms with Crippen LogP contribution in [0.15, 0.2) is 54.4 Å². The van der Waals surface area contributed by atoms with Gasteiger partial charge in [-0.15, -0.1) is 0 Å². The molecule has 1 unspecified atom stereocenters. The van der Waals surface area contributed by atoms with Crippen molar-refractivity contribution in [1.29, 1.82) is 0 Å². The lowest BCUT2D eigenvalue weighted by Gasteiger charge is -2.27. The van der Waals surface area contributed by atoms with E-state index in [1.165, 1.54) is 18.4 Å². The summed E-state index contributed by atoms with van der Waals surface area (Å²) in [4.78, 5) is 11.5. The molecule has 2 heterocycles. The molecule has 1 saturated heterocycles. The molecule has 37 heavy (non-hydrogen) atoms. The highest BCUT2D eigenvalue weighted by Gasteiger charge is 2.23. The lowest BCUT2D eigenvalue weighted by Crippen LogP contribution is -2.42. The number of aliphatic hydroxyl groups excluding tert-OH is 1. The second-order valence-electron chi connectivity index (χ2n) is 9.78. The van der Waals surface area contributed by atoms with Gasteiger partial charge in [0.1, 0.15) is 17.9 Å². The third kappa shape index (κ3) is 9.12. The zero-order valence-corrected chi connectivity index (χ0v) is 22.1. The second kappa shape index (κ2) is 13.5. The van der Waals surface area contributed by atoms with Crippen LogP contribution in [0.5, 0.6) is 0 Å². The third-order valence-corrected chi connectivity index (χ3v) is 6.65.